The van der Waals surface area contributed by atoms with Crippen LogP contribution in [0.2, 0.25) is 0 Å². The Bertz CT molecular complexity index is 1230. The molecule has 0 unspecified atom stereocenters. The summed E-state index contributed by atoms with van der Waals surface area (Å²) in [5, 5.41) is 12.8. The summed E-state index contributed by atoms with van der Waals surface area (Å²) in [5.74, 6) is -1.45. The number of carbonyl (C=O) groups is 2. The summed E-state index contributed by atoms with van der Waals surface area (Å²) in [6, 6.07) is 3.54. The summed E-state index contributed by atoms with van der Waals surface area (Å²) >= 11 is 0. The maximum absolute atomic E-state index is 13.5. The van der Waals surface area contributed by atoms with Gasteiger partial charge in [-0.1, -0.05) is 0 Å². The highest BCUT2D eigenvalue weighted by atomic mass is 19.1. The Balaban J connectivity index is 1.49. The van der Waals surface area contributed by atoms with Gasteiger partial charge in [-0.25, -0.2) is 8.78 Å². The molecule has 1 aliphatic heterocycles. The lowest BCUT2D eigenvalue weighted by molar-refractivity contribution is -0.124. The molecule has 1 saturated heterocycles. The predicted octanol–water partition coefficient (Wildman–Crippen LogP) is 2.02. The van der Waals surface area contributed by atoms with Crippen LogP contribution in [0.15, 0.2) is 30.0 Å². The summed E-state index contributed by atoms with van der Waals surface area (Å²) in [4.78, 5) is 32.3. The van der Waals surface area contributed by atoms with Crippen molar-refractivity contribution in [3.63, 3.8) is 0 Å². The van der Waals surface area contributed by atoms with Crippen LogP contribution in [0.25, 0.3) is 11.7 Å². The number of benzene rings is 1. The fourth-order valence-corrected chi connectivity index (χ4v) is 3.28. The third-order valence-electron chi connectivity index (χ3n) is 4.90. The maximum Gasteiger partial charge on any atom is 0.254 e. The number of imide groups is 1. The molecule has 158 valence electrons. The first-order valence-electron chi connectivity index (χ1n) is 9.70. The van der Waals surface area contributed by atoms with Crippen LogP contribution in [0.1, 0.15) is 30.4 Å². The van der Waals surface area contributed by atoms with E-state index >= 15 is 0 Å². The quantitative estimate of drug-likeness (QED) is 0.409. The molecule has 2 amide bonds. The van der Waals surface area contributed by atoms with Crippen LogP contribution in [-0.2, 0) is 16.1 Å². The van der Waals surface area contributed by atoms with Crippen molar-refractivity contribution >= 4 is 35.4 Å². The van der Waals surface area contributed by atoms with Crippen molar-refractivity contribution in [3.05, 3.63) is 52.7 Å². The molecule has 0 atom stereocenters. The van der Waals surface area contributed by atoms with Crippen molar-refractivity contribution in [2.75, 3.05) is 10.6 Å². The first kappa shape index (κ1) is 19.1. The molecular formula is C20H17F2N7O2. The molecule has 5 rings (SSSR count). The second kappa shape index (κ2) is 7.42. The summed E-state index contributed by atoms with van der Waals surface area (Å²) in [6.07, 6.45) is 5.12. The standard InChI is InChI=1S/C20H17F2N7O2/c21-13-3-10(4-14(22)7-13)8-23-19-27-17-12(5-11-6-16(30)26-18(11)31)9-24-29(17)20(28-19)25-15-1-2-15/h3-5,7,9,15H,1-2,6,8H2,(H,26,30,31)(H2,23,25,27,28)/b11-5+. The minimum atomic E-state index is -0.668. The summed E-state index contributed by atoms with van der Waals surface area (Å²) < 4.78 is 28.4. The van der Waals surface area contributed by atoms with E-state index in [1.807, 2.05) is 0 Å². The minimum absolute atomic E-state index is 0.00925. The first-order valence-corrected chi connectivity index (χ1v) is 9.70. The Hall–Kier alpha value is -3.89. The van der Waals surface area contributed by atoms with Crippen LogP contribution < -0.4 is 16.0 Å². The van der Waals surface area contributed by atoms with E-state index in [2.05, 4.69) is 31.0 Å². The van der Waals surface area contributed by atoms with E-state index in [9.17, 15) is 18.4 Å². The number of anilines is 2. The number of amides is 2. The van der Waals surface area contributed by atoms with E-state index in [1.165, 1.54) is 22.8 Å². The molecule has 0 bridgehead atoms. The number of hydrogen-bond donors (Lipinski definition) is 3. The van der Waals surface area contributed by atoms with Crippen LogP contribution in [0.3, 0.4) is 0 Å². The van der Waals surface area contributed by atoms with E-state index in [0.29, 0.717) is 28.3 Å². The predicted molar refractivity (Wildman–Crippen MR) is 107 cm³/mol. The third kappa shape index (κ3) is 4.06. The topological polar surface area (TPSA) is 113 Å². The van der Waals surface area contributed by atoms with Gasteiger partial charge in [0.2, 0.25) is 17.8 Å². The number of aromatic nitrogens is 4. The molecule has 1 aromatic carbocycles. The lowest BCUT2D eigenvalue weighted by Crippen LogP contribution is -2.19. The van der Waals surface area contributed by atoms with Gasteiger partial charge in [-0.3, -0.25) is 14.9 Å². The van der Waals surface area contributed by atoms with Crippen LogP contribution in [-0.4, -0.2) is 37.4 Å². The largest absolute Gasteiger partial charge is 0.351 e. The minimum Gasteiger partial charge on any atom is -0.351 e. The normalized spacial score (nSPS) is 17.4. The molecule has 2 aliphatic rings. The number of halogens is 2. The second-order valence-electron chi connectivity index (χ2n) is 7.48. The van der Waals surface area contributed by atoms with Gasteiger partial charge in [0.15, 0.2) is 5.65 Å². The van der Waals surface area contributed by atoms with Gasteiger partial charge < -0.3 is 10.6 Å². The number of fused-ring (bicyclic) bond motifs is 1. The zero-order chi connectivity index (χ0) is 21.5. The van der Waals surface area contributed by atoms with Gasteiger partial charge >= 0.3 is 0 Å². The van der Waals surface area contributed by atoms with E-state index in [4.69, 9.17) is 0 Å². The lowest BCUT2D eigenvalue weighted by Gasteiger charge is -2.10. The number of nitrogens with one attached hydrogen (secondary N) is 3. The molecule has 3 heterocycles. The zero-order valence-electron chi connectivity index (χ0n) is 16.2. The number of carbonyl (C=O) groups excluding carboxylic acids is 2. The second-order valence-corrected chi connectivity index (χ2v) is 7.48. The molecule has 3 aromatic rings. The Labute approximate surface area is 174 Å². The molecular weight excluding hydrogens is 408 g/mol. The van der Waals surface area contributed by atoms with Crippen molar-refractivity contribution in [3.8, 4) is 0 Å². The van der Waals surface area contributed by atoms with Gasteiger partial charge in [-0.05, 0) is 36.6 Å². The van der Waals surface area contributed by atoms with Gasteiger partial charge in [-0.15, -0.1) is 0 Å². The summed E-state index contributed by atoms with van der Waals surface area (Å²) in [6.45, 7) is 0.106. The SMILES string of the molecule is O=C1C/C(=C\c2cnn3c(NC4CC4)nc(NCc4cc(F)cc(F)c4)nc23)C(=O)N1. The van der Waals surface area contributed by atoms with E-state index in [-0.39, 0.29) is 30.9 Å². The average molecular weight is 425 g/mol. The highest BCUT2D eigenvalue weighted by Crippen LogP contribution is 2.26. The fourth-order valence-electron chi connectivity index (χ4n) is 3.28. The Morgan fingerprint density at radius 2 is 1.94 bits per heavy atom. The number of rotatable bonds is 6. The summed E-state index contributed by atoms with van der Waals surface area (Å²) in [7, 11) is 0. The third-order valence-corrected chi connectivity index (χ3v) is 4.90. The molecule has 3 N–H and O–H groups in total. The van der Waals surface area contributed by atoms with E-state index in [0.717, 1.165) is 18.9 Å². The molecule has 0 spiro atoms. The lowest BCUT2D eigenvalue weighted by atomic mass is 10.1. The highest BCUT2D eigenvalue weighted by Gasteiger charge is 2.26. The molecule has 1 saturated carbocycles. The van der Waals surface area contributed by atoms with E-state index in [1.54, 1.807) is 6.08 Å². The van der Waals surface area contributed by atoms with Crippen molar-refractivity contribution in [2.45, 2.75) is 31.8 Å². The van der Waals surface area contributed by atoms with Crippen molar-refractivity contribution in [2.24, 2.45) is 0 Å². The average Bonchev–Trinajstić information content (AvgIpc) is 3.34. The molecule has 1 aliphatic carbocycles. The van der Waals surface area contributed by atoms with Gasteiger partial charge in [0, 0.05) is 29.8 Å². The maximum atomic E-state index is 13.5. The fraction of sp³-hybridized carbons (Fsp3) is 0.250. The Morgan fingerprint density at radius 3 is 2.61 bits per heavy atom. The molecule has 9 nitrogen and oxygen atoms in total. The monoisotopic (exact) mass is 425 g/mol. The number of hydrogen-bond acceptors (Lipinski definition) is 7. The van der Waals surface area contributed by atoms with Gasteiger partial charge in [-0.2, -0.15) is 19.6 Å². The van der Waals surface area contributed by atoms with Crippen LogP contribution in [0.4, 0.5) is 20.7 Å². The Morgan fingerprint density at radius 1 is 1.16 bits per heavy atom. The van der Waals surface area contributed by atoms with Gasteiger partial charge in [0.05, 0.1) is 12.6 Å². The van der Waals surface area contributed by atoms with Crippen molar-refractivity contribution in [1.82, 2.24) is 24.9 Å². The number of nitrogens with zero attached hydrogens (tertiary/aromatic N) is 4. The van der Waals surface area contributed by atoms with Gasteiger partial charge in [0.1, 0.15) is 11.6 Å². The smallest absolute Gasteiger partial charge is 0.254 e. The zero-order valence-corrected chi connectivity index (χ0v) is 16.2. The van der Waals surface area contributed by atoms with Gasteiger partial charge in [0.25, 0.3) is 5.91 Å². The summed E-state index contributed by atoms with van der Waals surface area (Å²) in [5.41, 5.74) is 1.68. The molecule has 2 aromatic heterocycles. The van der Waals surface area contributed by atoms with Crippen molar-refractivity contribution < 1.29 is 18.4 Å². The molecule has 31 heavy (non-hydrogen) atoms. The first-order chi connectivity index (χ1) is 14.9. The Kier molecular flexibility index (Phi) is 4.57. The molecule has 11 heteroatoms. The van der Waals surface area contributed by atoms with Crippen molar-refractivity contribution in [1.29, 1.82) is 0 Å². The van der Waals surface area contributed by atoms with Crippen LogP contribution in [0, 0.1) is 11.6 Å². The van der Waals surface area contributed by atoms with E-state index < -0.39 is 17.5 Å². The molecule has 2 fully saturated rings. The van der Waals surface area contributed by atoms with Crippen LogP contribution >= 0.6 is 0 Å². The van der Waals surface area contributed by atoms with Crippen LogP contribution in [0.5, 0.6) is 0 Å². The molecule has 0 radical (unpaired) electrons. The highest BCUT2D eigenvalue weighted by molar-refractivity contribution is 6.15.